The smallest absolute Gasteiger partial charge is 0.340 e. The Bertz CT molecular complexity index is 668. The van der Waals surface area contributed by atoms with Crippen LogP contribution in [-0.4, -0.2) is 22.4 Å². The zero-order valence-corrected chi connectivity index (χ0v) is 11.6. The molecule has 108 valence electrons. The van der Waals surface area contributed by atoms with Crippen LogP contribution in [0.15, 0.2) is 47.6 Å². The number of aromatic carboxylic acids is 1. The minimum atomic E-state index is -1.23. The van der Waals surface area contributed by atoms with Crippen LogP contribution in [0.5, 0.6) is 5.75 Å². The van der Waals surface area contributed by atoms with E-state index < -0.39 is 5.97 Å². The molecule has 0 radical (unpaired) electrons. The maximum absolute atomic E-state index is 11.1. The van der Waals surface area contributed by atoms with E-state index in [9.17, 15) is 9.90 Å². The van der Waals surface area contributed by atoms with E-state index in [1.54, 1.807) is 24.3 Å². The molecule has 5 nitrogen and oxygen atoms in total. The summed E-state index contributed by atoms with van der Waals surface area (Å²) < 4.78 is 0. The molecule has 2 rings (SSSR count). The van der Waals surface area contributed by atoms with Gasteiger partial charge in [0.05, 0.1) is 6.21 Å². The first-order valence-corrected chi connectivity index (χ1v) is 6.41. The van der Waals surface area contributed by atoms with Crippen LogP contribution in [0.4, 0.5) is 0 Å². The second-order valence-electron chi connectivity index (χ2n) is 4.18. The first-order chi connectivity index (χ1) is 10.1. The largest absolute Gasteiger partial charge is 0.507 e. The number of hydrogen-bond acceptors (Lipinski definition) is 4. The summed E-state index contributed by atoms with van der Waals surface area (Å²) >= 11 is 5.77. The van der Waals surface area contributed by atoms with Gasteiger partial charge in [0, 0.05) is 10.6 Å². The fraction of sp³-hybridized carbons (Fsp3) is 0.0667. The third-order valence-corrected chi connectivity index (χ3v) is 2.95. The molecule has 2 N–H and O–H groups in total. The molecule has 0 fully saturated rings. The van der Waals surface area contributed by atoms with Gasteiger partial charge in [-0.25, -0.2) is 4.79 Å². The lowest BCUT2D eigenvalue weighted by molar-refractivity contribution is 0.0693. The van der Waals surface area contributed by atoms with Gasteiger partial charge in [0.25, 0.3) is 0 Å². The van der Waals surface area contributed by atoms with Gasteiger partial charge in [0.1, 0.15) is 17.9 Å². The summed E-state index contributed by atoms with van der Waals surface area (Å²) in [6.45, 7) is 0.231. The number of oxime groups is 1. The van der Waals surface area contributed by atoms with Crippen molar-refractivity contribution in [3.8, 4) is 5.75 Å². The van der Waals surface area contributed by atoms with Crippen molar-refractivity contribution in [2.75, 3.05) is 0 Å². The molecule has 0 aliphatic rings. The molecular formula is C15H12ClNO4. The number of carbonyl (C=O) groups is 1. The van der Waals surface area contributed by atoms with E-state index in [0.717, 1.165) is 5.56 Å². The maximum Gasteiger partial charge on any atom is 0.340 e. The molecule has 0 unspecified atom stereocenters. The van der Waals surface area contributed by atoms with Crippen molar-refractivity contribution in [1.82, 2.24) is 0 Å². The van der Waals surface area contributed by atoms with Gasteiger partial charge in [-0.1, -0.05) is 41.0 Å². The highest BCUT2D eigenvalue weighted by atomic mass is 35.5. The first kappa shape index (κ1) is 14.9. The molecule has 6 heteroatoms. The van der Waals surface area contributed by atoms with Crippen molar-refractivity contribution in [2.24, 2.45) is 5.16 Å². The van der Waals surface area contributed by atoms with Gasteiger partial charge in [0.2, 0.25) is 0 Å². The Labute approximate surface area is 126 Å². The third kappa shape index (κ3) is 3.97. The molecule has 0 aliphatic heterocycles. The number of rotatable bonds is 5. The molecule has 0 spiro atoms. The second-order valence-corrected chi connectivity index (χ2v) is 4.62. The normalized spacial score (nSPS) is 10.7. The molecule has 0 saturated carbocycles. The van der Waals surface area contributed by atoms with E-state index in [1.807, 2.05) is 0 Å². The minimum absolute atomic E-state index is 0.212. The lowest BCUT2D eigenvalue weighted by Crippen LogP contribution is -2.02. The van der Waals surface area contributed by atoms with Crippen LogP contribution in [0, 0.1) is 0 Å². The summed E-state index contributed by atoms with van der Waals surface area (Å²) in [5.74, 6) is -1.54. The number of hydrogen-bond donors (Lipinski definition) is 2. The van der Waals surface area contributed by atoms with E-state index in [0.29, 0.717) is 5.02 Å². The van der Waals surface area contributed by atoms with E-state index in [-0.39, 0.29) is 23.5 Å². The van der Waals surface area contributed by atoms with Crippen molar-refractivity contribution in [2.45, 2.75) is 6.61 Å². The zero-order chi connectivity index (χ0) is 15.2. The topological polar surface area (TPSA) is 79.1 Å². The summed E-state index contributed by atoms with van der Waals surface area (Å²) in [6, 6.07) is 11.4. The van der Waals surface area contributed by atoms with Gasteiger partial charge in [-0.2, -0.15) is 0 Å². The molecule has 0 heterocycles. The molecule has 2 aromatic rings. The number of phenols is 1. The average molecular weight is 306 g/mol. The fourth-order valence-electron chi connectivity index (χ4n) is 1.68. The number of carboxylic acids is 1. The minimum Gasteiger partial charge on any atom is -0.507 e. The summed E-state index contributed by atoms with van der Waals surface area (Å²) in [6.07, 6.45) is 1.25. The second kappa shape index (κ2) is 6.76. The van der Waals surface area contributed by atoms with Crippen molar-refractivity contribution in [1.29, 1.82) is 0 Å². The van der Waals surface area contributed by atoms with Crippen LogP contribution in [0.3, 0.4) is 0 Å². The first-order valence-electron chi connectivity index (χ1n) is 6.03. The Balaban J connectivity index is 2.03. The van der Waals surface area contributed by atoms with Gasteiger partial charge in [-0.3, -0.25) is 0 Å². The van der Waals surface area contributed by atoms with Crippen molar-refractivity contribution < 1.29 is 19.8 Å². The average Bonchev–Trinajstić information content (AvgIpc) is 2.45. The summed E-state index contributed by atoms with van der Waals surface area (Å²) in [4.78, 5) is 16.1. The standard InChI is InChI=1S/C15H12ClNO4/c16-12-6-4-10(5-7-12)9-21-17-8-11-2-1-3-13(18)14(11)15(19)20/h1-8,18H,9H2,(H,19,20). The molecule has 2 aromatic carbocycles. The quantitative estimate of drug-likeness (QED) is 0.656. The van der Waals surface area contributed by atoms with Gasteiger partial charge in [0.15, 0.2) is 0 Å². The van der Waals surface area contributed by atoms with Crippen LogP contribution >= 0.6 is 11.6 Å². The molecule has 0 saturated heterocycles. The van der Waals surface area contributed by atoms with Crippen molar-refractivity contribution >= 4 is 23.8 Å². The van der Waals surface area contributed by atoms with Gasteiger partial charge >= 0.3 is 5.97 Å². The summed E-state index contributed by atoms with van der Waals surface area (Å²) in [5, 5.41) is 22.9. The van der Waals surface area contributed by atoms with Crippen molar-refractivity contribution in [3.05, 3.63) is 64.2 Å². The Morgan fingerprint density at radius 2 is 1.95 bits per heavy atom. The number of nitrogens with zero attached hydrogens (tertiary/aromatic N) is 1. The van der Waals surface area contributed by atoms with E-state index in [1.165, 1.54) is 24.4 Å². The molecule has 0 amide bonds. The van der Waals surface area contributed by atoms with Crippen LogP contribution in [0.2, 0.25) is 5.02 Å². The number of benzene rings is 2. The van der Waals surface area contributed by atoms with Crippen molar-refractivity contribution in [3.63, 3.8) is 0 Å². The monoisotopic (exact) mass is 305 g/mol. The summed E-state index contributed by atoms with van der Waals surface area (Å²) in [5.41, 5.74) is 0.931. The Morgan fingerprint density at radius 1 is 1.24 bits per heavy atom. The van der Waals surface area contributed by atoms with Gasteiger partial charge in [-0.05, 0) is 23.8 Å². The third-order valence-electron chi connectivity index (χ3n) is 2.70. The molecule has 0 aliphatic carbocycles. The maximum atomic E-state index is 11.1. The summed E-state index contributed by atoms with van der Waals surface area (Å²) in [7, 11) is 0. The Morgan fingerprint density at radius 3 is 2.62 bits per heavy atom. The molecular weight excluding hydrogens is 294 g/mol. The predicted octanol–water partition coefficient (Wildman–Crippen LogP) is 3.29. The van der Waals surface area contributed by atoms with Crippen LogP contribution in [0.1, 0.15) is 21.5 Å². The molecule has 0 aromatic heterocycles. The molecule has 0 atom stereocenters. The van der Waals surface area contributed by atoms with Crippen LogP contribution in [0.25, 0.3) is 0 Å². The number of carboxylic acid groups (broad SMARTS) is 1. The van der Waals surface area contributed by atoms with E-state index in [4.69, 9.17) is 21.5 Å². The van der Waals surface area contributed by atoms with Crippen LogP contribution in [-0.2, 0) is 11.4 Å². The zero-order valence-electron chi connectivity index (χ0n) is 10.9. The Hall–Kier alpha value is -2.53. The van der Waals surface area contributed by atoms with E-state index >= 15 is 0 Å². The molecule has 0 bridgehead atoms. The number of halogens is 1. The Kier molecular flexibility index (Phi) is 4.79. The van der Waals surface area contributed by atoms with Gasteiger partial charge in [-0.15, -0.1) is 0 Å². The SMILES string of the molecule is O=C(O)c1c(O)cccc1C=NOCc1ccc(Cl)cc1. The number of aromatic hydroxyl groups is 1. The lowest BCUT2D eigenvalue weighted by Gasteiger charge is -2.03. The lowest BCUT2D eigenvalue weighted by atomic mass is 10.1. The van der Waals surface area contributed by atoms with E-state index in [2.05, 4.69) is 5.16 Å². The highest BCUT2D eigenvalue weighted by Gasteiger charge is 2.13. The highest BCUT2D eigenvalue weighted by molar-refractivity contribution is 6.30. The highest BCUT2D eigenvalue weighted by Crippen LogP contribution is 2.19. The van der Waals surface area contributed by atoms with Gasteiger partial charge < -0.3 is 15.1 Å². The molecule has 21 heavy (non-hydrogen) atoms. The predicted molar refractivity (Wildman–Crippen MR) is 78.9 cm³/mol. The fourth-order valence-corrected chi connectivity index (χ4v) is 1.81. The van der Waals surface area contributed by atoms with Crippen LogP contribution < -0.4 is 0 Å².